The first-order chi connectivity index (χ1) is 9.15. The van der Waals surface area contributed by atoms with E-state index < -0.39 is 23.4 Å². The zero-order valence-electron chi connectivity index (χ0n) is 9.86. The van der Waals surface area contributed by atoms with E-state index >= 15 is 0 Å². The van der Waals surface area contributed by atoms with E-state index in [2.05, 4.69) is 17.3 Å². The van der Waals surface area contributed by atoms with E-state index in [9.17, 15) is 18.3 Å². The molecule has 2 rings (SSSR count). The molecule has 1 aliphatic heterocycles. The van der Waals surface area contributed by atoms with Crippen LogP contribution in [-0.2, 0) is 0 Å². The van der Waals surface area contributed by atoms with Crippen LogP contribution >= 0.6 is 23.8 Å². The molecule has 0 aliphatic carbocycles. The van der Waals surface area contributed by atoms with Crippen molar-refractivity contribution in [1.29, 1.82) is 0 Å². The minimum Gasteiger partial charge on any atom is -0.375 e. The van der Waals surface area contributed by atoms with Gasteiger partial charge in [-0.15, -0.1) is 0 Å². The van der Waals surface area contributed by atoms with E-state index in [-0.39, 0.29) is 10.7 Å². The van der Waals surface area contributed by atoms with Gasteiger partial charge in [-0.2, -0.15) is 23.3 Å². The van der Waals surface area contributed by atoms with Crippen LogP contribution < -0.4 is 5.73 Å². The fourth-order valence-corrected chi connectivity index (χ4v) is 2.12. The number of hydrogen-bond donors (Lipinski definition) is 2. The van der Waals surface area contributed by atoms with Gasteiger partial charge in [0.15, 0.2) is 5.11 Å². The van der Waals surface area contributed by atoms with E-state index in [1.165, 1.54) is 24.3 Å². The Hall–Kier alpha value is -1.38. The maximum atomic E-state index is 13.0. The van der Waals surface area contributed by atoms with Gasteiger partial charge in [0.05, 0.1) is 12.1 Å². The molecule has 9 heteroatoms. The van der Waals surface area contributed by atoms with Crippen molar-refractivity contribution in [3.05, 3.63) is 34.9 Å². The topological polar surface area (TPSA) is 61.8 Å². The molecule has 0 saturated heterocycles. The van der Waals surface area contributed by atoms with E-state index in [4.69, 9.17) is 17.3 Å². The number of halogens is 4. The van der Waals surface area contributed by atoms with Crippen LogP contribution in [0.4, 0.5) is 13.2 Å². The second-order valence-corrected chi connectivity index (χ2v) is 5.05. The highest BCUT2D eigenvalue weighted by atomic mass is 35.5. The standard InChI is InChI=1S/C11H9ClF3N3OS/c12-7-3-1-6(2-4-7)8-5-10(19,11(13,14)15)18(17-8)9(16)20/h1-4,19H,5H2,(H2,16,20)/t10-/m0/s1. The van der Waals surface area contributed by atoms with Gasteiger partial charge >= 0.3 is 6.18 Å². The van der Waals surface area contributed by atoms with Crippen molar-refractivity contribution in [3.63, 3.8) is 0 Å². The lowest BCUT2D eigenvalue weighted by atomic mass is 10.0. The van der Waals surface area contributed by atoms with Crippen LogP contribution in [0.2, 0.25) is 5.02 Å². The van der Waals surface area contributed by atoms with Crippen LogP contribution in [0.25, 0.3) is 0 Å². The van der Waals surface area contributed by atoms with Gasteiger partial charge in [0, 0.05) is 5.02 Å². The predicted octanol–water partition coefficient (Wildman–Crippen LogP) is 2.24. The van der Waals surface area contributed by atoms with E-state index in [0.717, 1.165) is 0 Å². The molecule has 1 aliphatic rings. The van der Waals surface area contributed by atoms with Crippen molar-refractivity contribution in [2.45, 2.75) is 18.3 Å². The number of aliphatic hydroxyl groups is 1. The summed E-state index contributed by atoms with van der Waals surface area (Å²) in [5.74, 6) is 0. The first kappa shape index (κ1) is 15.0. The molecule has 1 aromatic carbocycles. The van der Waals surface area contributed by atoms with Crippen LogP contribution in [0.3, 0.4) is 0 Å². The quantitative estimate of drug-likeness (QED) is 0.778. The smallest absolute Gasteiger partial charge is 0.375 e. The van der Waals surface area contributed by atoms with Crippen molar-refractivity contribution in [2.24, 2.45) is 10.8 Å². The molecule has 1 heterocycles. The first-order valence-electron chi connectivity index (χ1n) is 5.37. The van der Waals surface area contributed by atoms with Crippen LogP contribution in [-0.4, -0.2) is 32.8 Å². The second kappa shape index (κ2) is 4.87. The molecule has 1 aromatic rings. The Morgan fingerprint density at radius 3 is 2.35 bits per heavy atom. The zero-order chi connectivity index (χ0) is 15.1. The third kappa shape index (κ3) is 2.46. The monoisotopic (exact) mass is 323 g/mol. The Labute approximate surface area is 122 Å². The molecule has 0 fully saturated rings. The number of hydrogen-bond acceptors (Lipinski definition) is 3. The molecule has 0 unspecified atom stereocenters. The van der Waals surface area contributed by atoms with Crippen molar-refractivity contribution in [1.82, 2.24) is 5.01 Å². The summed E-state index contributed by atoms with van der Waals surface area (Å²) in [7, 11) is 0. The number of rotatable bonds is 1. The largest absolute Gasteiger partial charge is 0.438 e. The van der Waals surface area contributed by atoms with Gasteiger partial charge in [-0.25, -0.2) is 0 Å². The van der Waals surface area contributed by atoms with Crippen molar-refractivity contribution < 1.29 is 18.3 Å². The van der Waals surface area contributed by atoms with E-state index in [1.807, 2.05) is 0 Å². The van der Waals surface area contributed by atoms with E-state index in [1.54, 1.807) is 0 Å². The molecular weight excluding hydrogens is 315 g/mol. The summed E-state index contributed by atoms with van der Waals surface area (Å²) in [6, 6.07) is 6.02. The molecule has 0 spiro atoms. The Bertz CT molecular complexity index is 575. The van der Waals surface area contributed by atoms with Crippen LogP contribution in [0.1, 0.15) is 12.0 Å². The van der Waals surface area contributed by atoms with Gasteiger partial charge in [-0.1, -0.05) is 23.7 Å². The summed E-state index contributed by atoms with van der Waals surface area (Å²) >= 11 is 10.2. The highest BCUT2D eigenvalue weighted by Gasteiger charge is 2.62. The van der Waals surface area contributed by atoms with Crippen molar-refractivity contribution >= 4 is 34.6 Å². The number of nitrogens with two attached hydrogens (primary N) is 1. The molecule has 0 saturated carbocycles. The molecule has 0 bridgehead atoms. The summed E-state index contributed by atoms with van der Waals surface area (Å²) in [5.41, 5.74) is 2.40. The van der Waals surface area contributed by atoms with Crippen LogP contribution in [0, 0.1) is 0 Å². The average Bonchev–Trinajstić information content (AvgIpc) is 2.69. The molecule has 1 atom stereocenters. The van der Waals surface area contributed by atoms with Crippen molar-refractivity contribution in [3.8, 4) is 0 Å². The van der Waals surface area contributed by atoms with Gasteiger partial charge in [0.25, 0.3) is 5.72 Å². The third-order valence-corrected chi connectivity index (χ3v) is 3.25. The molecule has 108 valence electrons. The number of nitrogens with zero attached hydrogens (tertiary/aromatic N) is 2. The van der Waals surface area contributed by atoms with E-state index in [0.29, 0.717) is 10.6 Å². The lowest BCUT2D eigenvalue weighted by molar-refractivity contribution is -0.294. The van der Waals surface area contributed by atoms with Gasteiger partial charge in [0.2, 0.25) is 0 Å². The maximum Gasteiger partial charge on any atom is 0.438 e. The Balaban J connectivity index is 2.42. The summed E-state index contributed by atoms with van der Waals surface area (Å²) < 4.78 is 39.0. The minimum absolute atomic E-state index is 0.0225. The summed E-state index contributed by atoms with van der Waals surface area (Å²) in [6.07, 6.45) is -5.72. The Kier molecular flexibility index (Phi) is 3.66. The average molecular weight is 324 g/mol. The Morgan fingerprint density at radius 1 is 1.40 bits per heavy atom. The van der Waals surface area contributed by atoms with Crippen LogP contribution in [0.15, 0.2) is 29.4 Å². The fraction of sp³-hybridized carbons (Fsp3) is 0.273. The van der Waals surface area contributed by atoms with Crippen molar-refractivity contribution in [2.75, 3.05) is 0 Å². The third-order valence-electron chi connectivity index (χ3n) is 2.83. The minimum atomic E-state index is -4.95. The maximum absolute atomic E-state index is 13.0. The molecule has 20 heavy (non-hydrogen) atoms. The summed E-state index contributed by atoms with van der Waals surface area (Å²) in [4.78, 5) is 0. The molecule has 0 aromatic heterocycles. The molecule has 3 N–H and O–H groups in total. The predicted molar refractivity (Wildman–Crippen MR) is 72.2 cm³/mol. The normalized spacial score (nSPS) is 22.9. The van der Waals surface area contributed by atoms with Gasteiger partial charge in [-0.05, 0) is 29.9 Å². The number of alkyl halides is 3. The van der Waals surface area contributed by atoms with Gasteiger partial charge in [0.1, 0.15) is 0 Å². The SMILES string of the molecule is NC(=S)N1N=C(c2ccc(Cl)cc2)C[C@]1(O)C(F)(F)F. The zero-order valence-corrected chi connectivity index (χ0v) is 11.4. The number of hydrazone groups is 1. The molecular formula is C11H9ClF3N3OS. The number of thiocarbonyl (C=S) groups is 1. The van der Waals surface area contributed by atoms with Gasteiger partial charge in [-0.3, -0.25) is 0 Å². The first-order valence-corrected chi connectivity index (χ1v) is 6.16. The highest BCUT2D eigenvalue weighted by Crippen LogP contribution is 2.41. The summed E-state index contributed by atoms with van der Waals surface area (Å²) in [6.45, 7) is 0. The second-order valence-electron chi connectivity index (χ2n) is 4.19. The lowest BCUT2D eigenvalue weighted by Gasteiger charge is -2.32. The molecule has 0 amide bonds. The molecule has 0 radical (unpaired) electrons. The number of benzene rings is 1. The highest BCUT2D eigenvalue weighted by molar-refractivity contribution is 7.80. The lowest BCUT2D eigenvalue weighted by Crippen LogP contribution is -2.57. The Morgan fingerprint density at radius 2 is 1.95 bits per heavy atom. The summed E-state index contributed by atoms with van der Waals surface area (Å²) in [5, 5.41) is 13.5. The molecule has 4 nitrogen and oxygen atoms in total. The fourth-order valence-electron chi connectivity index (χ4n) is 1.80. The van der Waals surface area contributed by atoms with Gasteiger partial charge < -0.3 is 10.8 Å². The van der Waals surface area contributed by atoms with Crippen LogP contribution in [0.5, 0.6) is 0 Å².